The van der Waals surface area contributed by atoms with Crippen molar-refractivity contribution < 1.29 is 0 Å². The molecule has 2 unspecified atom stereocenters. The highest BCUT2D eigenvalue weighted by Gasteiger charge is 2.31. The molecule has 0 aromatic heterocycles. The Morgan fingerprint density at radius 2 is 1.71 bits per heavy atom. The third kappa shape index (κ3) is 3.21. The van der Waals surface area contributed by atoms with E-state index in [0.717, 1.165) is 12.1 Å². The summed E-state index contributed by atoms with van der Waals surface area (Å²) in [6.07, 6.45) is 8.26. The van der Waals surface area contributed by atoms with Gasteiger partial charge in [0.2, 0.25) is 0 Å². The summed E-state index contributed by atoms with van der Waals surface area (Å²) in [4.78, 5) is 5.15. The lowest BCUT2D eigenvalue weighted by Crippen LogP contribution is -2.54. The quantitative estimate of drug-likeness (QED) is 0.806. The summed E-state index contributed by atoms with van der Waals surface area (Å²) in [7, 11) is 6.73. The maximum absolute atomic E-state index is 3.53. The second-order valence-corrected chi connectivity index (χ2v) is 5.95. The number of piperidine rings is 1. The van der Waals surface area contributed by atoms with Gasteiger partial charge in [-0.25, -0.2) is 0 Å². The molecule has 0 amide bonds. The molecule has 0 spiro atoms. The minimum Gasteiger partial charge on any atom is -0.315 e. The van der Waals surface area contributed by atoms with Gasteiger partial charge in [0.25, 0.3) is 0 Å². The zero-order chi connectivity index (χ0) is 12.3. The van der Waals surface area contributed by atoms with E-state index in [-0.39, 0.29) is 0 Å². The standard InChI is InChI=1S/C14H29N3/c1-15-13-6-4-5-7-14(13)17(3)12-8-10-16(2)11-9-12/h12-15H,4-11H2,1-3H3. The van der Waals surface area contributed by atoms with Gasteiger partial charge in [-0.2, -0.15) is 0 Å². The van der Waals surface area contributed by atoms with E-state index in [1.807, 2.05) is 0 Å². The van der Waals surface area contributed by atoms with Crippen molar-refractivity contribution >= 4 is 0 Å². The molecule has 17 heavy (non-hydrogen) atoms. The van der Waals surface area contributed by atoms with Crippen LogP contribution < -0.4 is 5.32 Å². The lowest BCUT2D eigenvalue weighted by molar-refractivity contribution is 0.0711. The summed E-state index contributed by atoms with van der Waals surface area (Å²) in [5.74, 6) is 0. The van der Waals surface area contributed by atoms with Crippen molar-refractivity contribution in [2.75, 3.05) is 34.2 Å². The highest BCUT2D eigenvalue weighted by molar-refractivity contribution is 4.90. The third-order valence-electron chi connectivity index (χ3n) is 4.89. The number of nitrogens with one attached hydrogen (secondary N) is 1. The molecule has 0 aromatic rings. The highest BCUT2D eigenvalue weighted by atomic mass is 15.2. The molecule has 1 N–H and O–H groups in total. The summed E-state index contributed by atoms with van der Waals surface area (Å²) in [5, 5.41) is 3.53. The molecular formula is C14H29N3. The number of nitrogens with zero attached hydrogens (tertiary/aromatic N) is 2. The van der Waals surface area contributed by atoms with Gasteiger partial charge in [-0.3, -0.25) is 4.90 Å². The maximum Gasteiger partial charge on any atom is 0.0249 e. The summed E-state index contributed by atoms with van der Waals surface area (Å²) in [6, 6.07) is 2.29. The van der Waals surface area contributed by atoms with E-state index < -0.39 is 0 Å². The van der Waals surface area contributed by atoms with E-state index in [0.29, 0.717) is 6.04 Å². The number of hydrogen-bond acceptors (Lipinski definition) is 3. The molecule has 2 aliphatic rings. The van der Waals surface area contributed by atoms with Gasteiger partial charge in [-0.05, 0) is 59.9 Å². The van der Waals surface area contributed by atoms with Gasteiger partial charge >= 0.3 is 0 Å². The predicted molar refractivity (Wildman–Crippen MR) is 73.4 cm³/mol. The largest absolute Gasteiger partial charge is 0.315 e. The molecule has 0 bridgehead atoms. The molecule has 1 aliphatic carbocycles. The van der Waals surface area contributed by atoms with Crippen molar-refractivity contribution in [2.45, 2.75) is 56.7 Å². The van der Waals surface area contributed by atoms with Gasteiger partial charge in [0.1, 0.15) is 0 Å². The maximum atomic E-state index is 3.53. The molecule has 2 fully saturated rings. The van der Waals surface area contributed by atoms with Crippen LogP contribution in [0.25, 0.3) is 0 Å². The van der Waals surface area contributed by atoms with Crippen LogP contribution in [-0.2, 0) is 0 Å². The van der Waals surface area contributed by atoms with Gasteiger partial charge in [0, 0.05) is 18.1 Å². The Balaban J connectivity index is 1.90. The molecule has 2 atom stereocenters. The Kier molecular flexibility index (Phi) is 4.83. The Morgan fingerprint density at radius 1 is 1.06 bits per heavy atom. The first-order valence-corrected chi connectivity index (χ1v) is 7.30. The van der Waals surface area contributed by atoms with Crippen LogP contribution in [-0.4, -0.2) is 62.2 Å². The van der Waals surface area contributed by atoms with Crippen molar-refractivity contribution in [1.82, 2.24) is 15.1 Å². The monoisotopic (exact) mass is 239 g/mol. The lowest BCUT2D eigenvalue weighted by Gasteiger charge is -2.44. The molecule has 1 aliphatic heterocycles. The Bertz CT molecular complexity index is 224. The smallest absolute Gasteiger partial charge is 0.0249 e. The molecule has 100 valence electrons. The number of likely N-dealkylation sites (N-methyl/N-ethyl adjacent to an activating group) is 2. The fourth-order valence-electron chi connectivity index (χ4n) is 3.61. The molecule has 1 heterocycles. The van der Waals surface area contributed by atoms with Gasteiger partial charge in [-0.15, -0.1) is 0 Å². The summed E-state index contributed by atoms with van der Waals surface area (Å²) in [6.45, 7) is 2.54. The fourth-order valence-corrected chi connectivity index (χ4v) is 3.61. The van der Waals surface area contributed by atoms with Crippen molar-refractivity contribution in [3.8, 4) is 0 Å². The van der Waals surface area contributed by atoms with E-state index in [1.165, 1.54) is 51.6 Å². The minimum atomic E-state index is 0.716. The van der Waals surface area contributed by atoms with Crippen LogP contribution in [0.1, 0.15) is 38.5 Å². The topological polar surface area (TPSA) is 18.5 Å². The normalized spacial score (nSPS) is 33.2. The summed E-state index contributed by atoms with van der Waals surface area (Å²) >= 11 is 0. The molecule has 3 nitrogen and oxygen atoms in total. The van der Waals surface area contributed by atoms with Crippen molar-refractivity contribution in [1.29, 1.82) is 0 Å². The minimum absolute atomic E-state index is 0.716. The van der Waals surface area contributed by atoms with Crippen LogP contribution in [0.4, 0.5) is 0 Å². The van der Waals surface area contributed by atoms with Crippen LogP contribution in [0, 0.1) is 0 Å². The first kappa shape index (κ1) is 13.3. The molecule has 0 radical (unpaired) electrons. The summed E-state index contributed by atoms with van der Waals surface area (Å²) in [5.41, 5.74) is 0. The van der Waals surface area contributed by atoms with Gasteiger partial charge in [0.15, 0.2) is 0 Å². The Hall–Kier alpha value is -0.120. The molecular weight excluding hydrogens is 210 g/mol. The molecule has 3 heteroatoms. The second kappa shape index (κ2) is 6.17. The molecule has 0 aromatic carbocycles. The van der Waals surface area contributed by atoms with Crippen molar-refractivity contribution in [3.63, 3.8) is 0 Å². The van der Waals surface area contributed by atoms with E-state index in [2.05, 4.69) is 36.3 Å². The first-order chi connectivity index (χ1) is 8.22. The first-order valence-electron chi connectivity index (χ1n) is 7.30. The van der Waals surface area contributed by atoms with E-state index in [4.69, 9.17) is 0 Å². The van der Waals surface area contributed by atoms with Crippen molar-refractivity contribution in [3.05, 3.63) is 0 Å². The highest BCUT2D eigenvalue weighted by Crippen LogP contribution is 2.26. The number of hydrogen-bond donors (Lipinski definition) is 1. The second-order valence-electron chi connectivity index (χ2n) is 5.95. The van der Waals surface area contributed by atoms with E-state index in [1.54, 1.807) is 0 Å². The lowest BCUT2D eigenvalue weighted by atomic mass is 9.87. The predicted octanol–water partition coefficient (Wildman–Crippen LogP) is 1.54. The Labute approximate surface area is 107 Å². The number of likely N-dealkylation sites (tertiary alicyclic amines) is 1. The van der Waals surface area contributed by atoms with Crippen LogP contribution in [0.5, 0.6) is 0 Å². The average molecular weight is 239 g/mol. The summed E-state index contributed by atoms with van der Waals surface area (Å²) < 4.78 is 0. The zero-order valence-corrected chi connectivity index (χ0v) is 11.8. The van der Waals surface area contributed by atoms with Gasteiger partial charge in [0.05, 0.1) is 0 Å². The fraction of sp³-hybridized carbons (Fsp3) is 1.00. The number of rotatable bonds is 3. The molecule has 1 saturated heterocycles. The average Bonchev–Trinajstić information content (AvgIpc) is 2.39. The van der Waals surface area contributed by atoms with Crippen LogP contribution in [0.2, 0.25) is 0 Å². The molecule has 2 rings (SSSR count). The van der Waals surface area contributed by atoms with Crippen LogP contribution in [0.15, 0.2) is 0 Å². The van der Waals surface area contributed by atoms with Gasteiger partial charge in [-0.1, -0.05) is 12.8 Å². The zero-order valence-electron chi connectivity index (χ0n) is 11.8. The van der Waals surface area contributed by atoms with Gasteiger partial charge < -0.3 is 10.2 Å². The SMILES string of the molecule is CNC1CCCCC1N(C)C1CCN(C)CC1. The third-order valence-corrected chi connectivity index (χ3v) is 4.89. The van der Waals surface area contributed by atoms with E-state index in [9.17, 15) is 0 Å². The van der Waals surface area contributed by atoms with Crippen LogP contribution >= 0.6 is 0 Å². The molecule has 1 saturated carbocycles. The van der Waals surface area contributed by atoms with Crippen LogP contribution in [0.3, 0.4) is 0 Å². The Morgan fingerprint density at radius 3 is 2.35 bits per heavy atom. The van der Waals surface area contributed by atoms with E-state index >= 15 is 0 Å². The van der Waals surface area contributed by atoms with Crippen molar-refractivity contribution in [2.24, 2.45) is 0 Å².